The fourth-order valence-electron chi connectivity index (χ4n) is 2.57. The third kappa shape index (κ3) is 3.96. The summed E-state index contributed by atoms with van der Waals surface area (Å²) in [5.41, 5.74) is 0.997. The van der Waals surface area contributed by atoms with Crippen molar-refractivity contribution in [3.63, 3.8) is 0 Å². The highest BCUT2D eigenvalue weighted by atomic mass is 19.4. The van der Waals surface area contributed by atoms with Gasteiger partial charge in [0.05, 0.1) is 5.56 Å². The van der Waals surface area contributed by atoms with Crippen molar-refractivity contribution in [2.45, 2.75) is 19.6 Å². The van der Waals surface area contributed by atoms with Gasteiger partial charge >= 0.3 is 6.18 Å². The zero-order valence-corrected chi connectivity index (χ0v) is 14.0. The molecule has 0 aliphatic rings. The molecule has 0 aliphatic carbocycles. The fraction of sp³-hybridized carbons (Fsp3) is 0.150. The van der Waals surface area contributed by atoms with Gasteiger partial charge in [-0.3, -0.25) is 4.98 Å². The van der Waals surface area contributed by atoms with Gasteiger partial charge in [-0.1, -0.05) is 18.2 Å². The Labute approximate surface area is 149 Å². The van der Waals surface area contributed by atoms with Crippen LogP contribution in [0.3, 0.4) is 0 Å². The monoisotopic (exact) mass is 358 g/mol. The fourth-order valence-corrected chi connectivity index (χ4v) is 2.57. The molecule has 3 aromatic rings. The van der Waals surface area contributed by atoms with Gasteiger partial charge in [0, 0.05) is 18.1 Å². The summed E-state index contributed by atoms with van der Waals surface area (Å²) in [5.74, 6) is 0.819. The summed E-state index contributed by atoms with van der Waals surface area (Å²) in [5, 5.41) is 4.10. The molecule has 0 fully saturated rings. The van der Waals surface area contributed by atoms with Gasteiger partial charge in [0.15, 0.2) is 5.75 Å². The third-order valence-electron chi connectivity index (χ3n) is 3.81. The maximum atomic E-state index is 12.7. The maximum absolute atomic E-state index is 12.7. The molecule has 0 aliphatic heterocycles. The molecule has 3 nitrogen and oxygen atoms in total. The second-order valence-electron chi connectivity index (χ2n) is 5.63. The number of nitrogens with zero attached hydrogens (tertiary/aromatic N) is 1. The molecule has 1 heterocycles. The second kappa shape index (κ2) is 7.47. The van der Waals surface area contributed by atoms with Crippen LogP contribution in [0.25, 0.3) is 10.9 Å². The molecule has 0 radical (unpaired) electrons. The highest BCUT2D eigenvalue weighted by Gasteiger charge is 2.30. The van der Waals surface area contributed by atoms with Gasteiger partial charge in [-0.15, -0.1) is 0 Å². The van der Waals surface area contributed by atoms with Crippen LogP contribution < -0.4 is 10.1 Å². The average molecular weight is 358 g/mol. The van der Waals surface area contributed by atoms with E-state index in [0.717, 1.165) is 23.1 Å². The van der Waals surface area contributed by atoms with Crippen molar-refractivity contribution in [2.75, 3.05) is 0 Å². The van der Waals surface area contributed by atoms with Crippen molar-refractivity contribution in [3.8, 4) is 11.5 Å². The average Bonchev–Trinajstić information content (AvgIpc) is 2.62. The molecule has 1 N–H and O–H groups in total. The summed E-state index contributed by atoms with van der Waals surface area (Å²) in [7, 11) is 0. The van der Waals surface area contributed by atoms with Crippen molar-refractivity contribution in [1.82, 2.24) is 10.3 Å². The first-order chi connectivity index (χ1) is 12.5. The van der Waals surface area contributed by atoms with E-state index in [1.54, 1.807) is 12.3 Å². The molecule has 134 valence electrons. The van der Waals surface area contributed by atoms with Crippen LogP contribution in [0.5, 0.6) is 11.5 Å². The van der Waals surface area contributed by atoms with Crippen LogP contribution in [0.2, 0.25) is 0 Å². The Morgan fingerprint density at radius 1 is 1.08 bits per heavy atom. The van der Waals surface area contributed by atoms with Crippen molar-refractivity contribution < 1.29 is 17.9 Å². The van der Waals surface area contributed by atoms with E-state index in [9.17, 15) is 13.2 Å². The van der Waals surface area contributed by atoms with E-state index in [4.69, 9.17) is 4.74 Å². The number of hydrogen-bond donors (Lipinski definition) is 1. The lowest BCUT2D eigenvalue weighted by molar-refractivity contribution is -0.137. The molecule has 0 atom stereocenters. The summed E-state index contributed by atoms with van der Waals surface area (Å²) in [4.78, 5) is 4.37. The van der Waals surface area contributed by atoms with Crippen LogP contribution in [0.1, 0.15) is 18.1 Å². The van der Waals surface area contributed by atoms with E-state index in [0.29, 0.717) is 23.6 Å². The highest BCUT2D eigenvalue weighted by Crippen LogP contribution is 2.33. The molecule has 0 spiro atoms. The summed E-state index contributed by atoms with van der Waals surface area (Å²) >= 11 is 0. The molecule has 3 rings (SSSR count). The summed E-state index contributed by atoms with van der Waals surface area (Å²) in [6.07, 6.45) is 1.08. The summed E-state index contributed by atoms with van der Waals surface area (Å²) < 4.78 is 43.8. The molecule has 0 saturated carbocycles. The molecule has 26 heavy (non-hydrogen) atoms. The first-order valence-electron chi connectivity index (χ1n) is 8.05. The SMILES string of the molecule is CC=CNCc1ccnc2c(Oc3ccc(C(F)(F)F)cc3)cccc12. The number of halogens is 3. The number of alkyl halides is 3. The Hall–Kier alpha value is -3.02. The van der Waals surface area contributed by atoms with Crippen LogP contribution in [0.15, 0.2) is 67.0 Å². The third-order valence-corrected chi connectivity index (χ3v) is 3.81. The van der Waals surface area contributed by atoms with Crippen LogP contribution in [0.4, 0.5) is 13.2 Å². The lowest BCUT2D eigenvalue weighted by Crippen LogP contribution is -2.05. The van der Waals surface area contributed by atoms with Gasteiger partial charge in [-0.2, -0.15) is 13.2 Å². The Balaban J connectivity index is 1.89. The molecule has 2 aromatic carbocycles. The van der Waals surface area contributed by atoms with E-state index >= 15 is 0 Å². The first kappa shape index (κ1) is 17.8. The van der Waals surface area contributed by atoms with E-state index in [2.05, 4.69) is 10.3 Å². The number of pyridine rings is 1. The van der Waals surface area contributed by atoms with Crippen LogP contribution >= 0.6 is 0 Å². The molecule has 0 unspecified atom stereocenters. The van der Waals surface area contributed by atoms with E-state index in [1.165, 1.54) is 12.1 Å². The number of benzene rings is 2. The molecular formula is C20H17F3N2O. The Morgan fingerprint density at radius 3 is 2.54 bits per heavy atom. The van der Waals surface area contributed by atoms with Crippen molar-refractivity contribution in [1.29, 1.82) is 0 Å². The molecule has 0 bridgehead atoms. The smallest absolute Gasteiger partial charge is 0.416 e. The number of para-hydroxylation sites is 1. The normalized spacial score (nSPS) is 11.8. The lowest BCUT2D eigenvalue weighted by atomic mass is 10.1. The van der Waals surface area contributed by atoms with Gasteiger partial charge in [0.25, 0.3) is 0 Å². The maximum Gasteiger partial charge on any atom is 0.416 e. The van der Waals surface area contributed by atoms with E-state index < -0.39 is 11.7 Å². The minimum Gasteiger partial charge on any atom is -0.455 e. The summed E-state index contributed by atoms with van der Waals surface area (Å²) in [6.45, 7) is 2.56. The minimum atomic E-state index is -4.37. The van der Waals surface area contributed by atoms with Gasteiger partial charge in [-0.05, 0) is 55.1 Å². The highest BCUT2D eigenvalue weighted by molar-refractivity contribution is 5.87. The zero-order valence-electron chi connectivity index (χ0n) is 14.0. The number of hydrogen-bond acceptors (Lipinski definition) is 3. The van der Waals surface area contributed by atoms with Crippen LogP contribution in [0, 0.1) is 0 Å². The van der Waals surface area contributed by atoms with Gasteiger partial charge in [0.1, 0.15) is 11.3 Å². The van der Waals surface area contributed by atoms with Crippen molar-refractivity contribution in [3.05, 3.63) is 78.1 Å². The Bertz CT molecular complexity index is 918. The number of nitrogens with one attached hydrogen (secondary N) is 1. The topological polar surface area (TPSA) is 34.2 Å². The minimum absolute atomic E-state index is 0.324. The second-order valence-corrected chi connectivity index (χ2v) is 5.63. The Kier molecular flexibility index (Phi) is 5.11. The van der Waals surface area contributed by atoms with Crippen molar-refractivity contribution >= 4 is 10.9 Å². The standard InChI is InChI=1S/C20H17F3N2O/c1-2-11-24-13-14-10-12-25-19-17(14)4-3-5-18(19)26-16-8-6-15(7-9-16)20(21,22)23/h2-12,24H,13H2,1H3. The number of fused-ring (bicyclic) bond motifs is 1. The van der Waals surface area contributed by atoms with E-state index in [1.807, 2.05) is 37.4 Å². The zero-order chi connectivity index (χ0) is 18.6. The predicted molar refractivity (Wildman–Crippen MR) is 94.9 cm³/mol. The lowest BCUT2D eigenvalue weighted by Gasteiger charge is -2.12. The molecule has 1 aromatic heterocycles. The van der Waals surface area contributed by atoms with Gasteiger partial charge in [0.2, 0.25) is 0 Å². The number of allylic oxidation sites excluding steroid dienone is 1. The molecular weight excluding hydrogens is 341 g/mol. The Morgan fingerprint density at radius 2 is 1.85 bits per heavy atom. The number of rotatable bonds is 5. The molecule has 6 heteroatoms. The summed E-state index contributed by atoms with van der Waals surface area (Å²) in [6, 6.07) is 12.0. The molecule has 0 saturated heterocycles. The quantitative estimate of drug-likeness (QED) is 0.638. The van der Waals surface area contributed by atoms with Crippen molar-refractivity contribution in [2.24, 2.45) is 0 Å². The number of aromatic nitrogens is 1. The van der Waals surface area contributed by atoms with Gasteiger partial charge < -0.3 is 10.1 Å². The first-order valence-corrected chi connectivity index (χ1v) is 8.05. The predicted octanol–water partition coefficient (Wildman–Crippen LogP) is 5.67. The van der Waals surface area contributed by atoms with Gasteiger partial charge in [-0.25, -0.2) is 0 Å². The molecule has 0 amide bonds. The number of ether oxygens (including phenoxy) is 1. The van der Waals surface area contributed by atoms with Crippen LogP contribution in [-0.4, -0.2) is 4.98 Å². The largest absolute Gasteiger partial charge is 0.455 e. The van der Waals surface area contributed by atoms with E-state index in [-0.39, 0.29) is 0 Å². The van der Waals surface area contributed by atoms with Crippen LogP contribution in [-0.2, 0) is 12.7 Å².